The van der Waals surface area contributed by atoms with Crippen molar-refractivity contribution >= 4 is 73.2 Å². The van der Waals surface area contributed by atoms with E-state index in [1.807, 2.05) is 56.2 Å². The van der Waals surface area contributed by atoms with Crippen LogP contribution < -0.4 is 0 Å². The molecule has 0 aromatic heterocycles. The summed E-state index contributed by atoms with van der Waals surface area (Å²) in [6.07, 6.45) is -2.79. The second kappa shape index (κ2) is 18.2. The normalized spacial score (nSPS) is 32.9. The molecule has 4 aliphatic heterocycles. The van der Waals surface area contributed by atoms with Gasteiger partial charge in [-0.05, 0) is 5.56 Å². The highest BCUT2D eigenvalue weighted by molar-refractivity contribution is 8.14. The summed E-state index contributed by atoms with van der Waals surface area (Å²) in [6, 6.07) is 9.70. The van der Waals surface area contributed by atoms with E-state index in [2.05, 4.69) is 33.7 Å². The van der Waals surface area contributed by atoms with E-state index in [9.17, 15) is 10.2 Å². The zero-order valence-electron chi connectivity index (χ0n) is 25.6. The minimum atomic E-state index is -1.05. The fourth-order valence-corrected chi connectivity index (χ4v) is 7.27. The number of thioether (sulfide) groups is 2. The van der Waals surface area contributed by atoms with Crippen molar-refractivity contribution in [1.82, 2.24) is 9.80 Å². The van der Waals surface area contributed by atoms with E-state index >= 15 is 0 Å². The molecule has 0 amide bonds. The summed E-state index contributed by atoms with van der Waals surface area (Å²) >= 11 is 17.5. The highest BCUT2D eigenvalue weighted by Crippen LogP contribution is 2.41. The number of aliphatic hydroxyl groups excluding tert-OH is 2. The summed E-state index contributed by atoms with van der Waals surface area (Å²) in [6.45, 7) is 17.1. The lowest BCUT2D eigenvalue weighted by atomic mass is 9.90. The topological polar surface area (TPSA) is 108 Å². The van der Waals surface area contributed by atoms with Crippen molar-refractivity contribution in [2.24, 2.45) is 15.9 Å². The molecule has 0 radical (unpaired) electrons. The van der Waals surface area contributed by atoms with Crippen molar-refractivity contribution in [2.45, 2.75) is 67.0 Å². The Morgan fingerprint density at radius 2 is 1.36 bits per heavy atom. The number of amidine groups is 2. The van der Waals surface area contributed by atoms with Gasteiger partial charge in [0.1, 0.15) is 41.3 Å². The molecule has 1 aromatic rings. The van der Waals surface area contributed by atoms with Gasteiger partial charge in [-0.3, -0.25) is 9.98 Å². The maximum atomic E-state index is 9.97. The van der Waals surface area contributed by atoms with Crippen LogP contribution in [-0.4, -0.2) is 130 Å². The van der Waals surface area contributed by atoms with Gasteiger partial charge in [-0.1, -0.05) is 60.8 Å². The average Bonchev–Trinajstić information content (AvgIpc) is 3.62. The van der Waals surface area contributed by atoms with Crippen LogP contribution in [0.5, 0.6) is 0 Å². The minimum Gasteiger partial charge on any atom is -0.388 e. The van der Waals surface area contributed by atoms with Crippen LogP contribution in [0.4, 0.5) is 0 Å². The third-order valence-electron chi connectivity index (χ3n) is 7.25. The van der Waals surface area contributed by atoms with E-state index in [4.69, 9.17) is 66.7 Å². The summed E-state index contributed by atoms with van der Waals surface area (Å²) in [4.78, 5) is 19.0. The van der Waals surface area contributed by atoms with Crippen LogP contribution in [-0.2, 0) is 20.8 Å². The van der Waals surface area contributed by atoms with Gasteiger partial charge in [-0.15, -0.1) is 0 Å². The van der Waals surface area contributed by atoms with Gasteiger partial charge >= 0.3 is 4.96 Å². The Morgan fingerprint density at radius 3 is 1.89 bits per heavy atom. The highest BCUT2D eigenvalue weighted by Gasteiger charge is 2.50. The zero-order valence-corrected chi connectivity index (χ0v) is 29.5. The van der Waals surface area contributed by atoms with Gasteiger partial charge in [0.25, 0.3) is 0 Å². The number of halogens is 3. The molecule has 0 bridgehead atoms. The first-order valence-electron chi connectivity index (χ1n) is 14.1. The Labute approximate surface area is 289 Å². The van der Waals surface area contributed by atoms with Crippen molar-refractivity contribution in [1.29, 1.82) is 0 Å². The number of rotatable bonds is 5. The van der Waals surface area contributed by atoms with Gasteiger partial charge < -0.3 is 43.9 Å². The minimum absolute atomic E-state index is 0.0203. The van der Waals surface area contributed by atoms with Gasteiger partial charge in [0.2, 0.25) is 13.1 Å². The van der Waals surface area contributed by atoms with Crippen LogP contribution in [0.3, 0.4) is 0 Å². The average molecular weight is 720 g/mol. The van der Waals surface area contributed by atoms with Crippen molar-refractivity contribution in [2.75, 3.05) is 41.3 Å². The molecule has 2 saturated heterocycles. The number of hydrogen-bond donors (Lipinski definition) is 2. The fourth-order valence-electron chi connectivity index (χ4n) is 4.96. The van der Waals surface area contributed by atoms with Gasteiger partial charge in [0.05, 0.1) is 12.7 Å². The van der Waals surface area contributed by atoms with Gasteiger partial charge in [0.15, 0.2) is 16.4 Å². The number of ether oxygens (including phenoxy) is 3. The quantitative estimate of drug-likeness (QED) is 0.346. The molecule has 2 N–H and O–H groups in total. The Hall–Kier alpha value is -1.43. The lowest BCUT2D eigenvalue weighted by molar-refractivity contribution is -0.146. The van der Waals surface area contributed by atoms with Crippen LogP contribution in [0.2, 0.25) is 0 Å². The monoisotopic (exact) mass is 718 g/mol. The second-order valence-corrected chi connectivity index (χ2v) is 15.1. The standard InChI is InChI=1S/C18H23N3O2S.C10H15N3O3S.BCl3/c1-12-14(10-19-2)23-17-15(20-18(24-17)21(3)4)16(12)22-11-13-8-6-5-7-9-13;1-11-4-5-7(14)8(15)6-9(16-5)17-10(12-6)13(2)3;2-1(3)4/h5-9,12,14-17H,10-11H2,1,3-4H3;5-9,14-15H,4H2,2-3H3;/t12-,14-,15-,16+,17-;5-,6-,7-,8-,9-;/m11./s1. The molecule has 10 atom stereocenters. The molecule has 17 heteroatoms. The molecule has 45 heavy (non-hydrogen) atoms. The van der Waals surface area contributed by atoms with Crippen LogP contribution in [0, 0.1) is 19.1 Å². The van der Waals surface area contributed by atoms with Gasteiger partial charge in [-0.2, -0.15) is 34.4 Å². The lowest BCUT2D eigenvalue weighted by Crippen LogP contribution is -2.55. The molecule has 4 heterocycles. The zero-order chi connectivity index (χ0) is 33.3. The number of hydrogen-bond acceptors (Lipinski definition) is 11. The van der Waals surface area contributed by atoms with Gasteiger partial charge in [0, 0.05) is 34.1 Å². The van der Waals surface area contributed by atoms with Gasteiger partial charge in [-0.25, -0.2) is 13.1 Å². The number of aliphatic hydroxyl groups is 2. The SMILES string of the molecule is ClB(Cl)Cl.[C-]#[N+]C[C@H]1O[C@@H]2SC(N(C)C)=N[C@@H]2[C@@H](O)[C@@H]1O.[C-]#[N+]C[C@H]1O[C@@H]2SC(N(C)C)=N[C@@H]2[C@@H](OCc2ccccc2)[C@@H]1C. The maximum Gasteiger partial charge on any atom is 0.450 e. The third kappa shape index (κ3) is 10.5. The van der Waals surface area contributed by atoms with Crippen LogP contribution >= 0.6 is 57.9 Å². The summed E-state index contributed by atoms with van der Waals surface area (Å²) in [7, 11) is 7.71. The molecule has 4 aliphatic rings. The summed E-state index contributed by atoms with van der Waals surface area (Å²) in [5.74, 6) is 0.134. The molecule has 1 aromatic carbocycles. The number of benzene rings is 1. The van der Waals surface area contributed by atoms with E-state index in [-0.39, 0.29) is 41.6 Å². The molecule has 246 valence electrons. The molecule has 0 spiro atoms. The van der Waals surface area contributed by atoms with Crippen molar-refractivity contribution in [3.63, 3.8) is 0 Å². The molecule has 0 unspecified atom stereocenters. The second-order valence-electron chi connectivity index (χ2n) is 10.9. The Balaban J connectivity index is 0.000000230. The van der Waals surface area contributed by atoms with Crippen molar-refractivity contribution in [3.05, 3.63) is 58.7 Å². The Morgan fingerprint density at radius 1 is 0.867 bits per heavy atom. The summed E-state index contributed by atoms with van der Waals surface area (Å²) in [5, 5.41) is 21.5. The Kier molecular flexibility index (Phi) is 15.4. The maximum absolute atomic E-state index is 9.97. The predicted octanol–water partition coefficient (Wildman–Crippen LogP) is 3.96. The van der Waals surface area contributed by atoms with Crippen LogP contribution in [0.15, 0.2) is 40.3 Å². The molecule has 0 aliphatic carbocycles. The smallest absolute Gasteiger partial charge is 0.388 e. The van der Waals surface area contributed by atoms with E-state index in [0.717, 1.165) is 15.9 Å². The van der Waals surface area contributed by atoms with Crippen molar-refractivity contribution in [3.8, 4) is 0 Å². The summed E-state index contributed by atoms with van der Waals surface area (Å²) < 4.78 is 18.0. The predicted molar refractivity (Wildman–Crippen MR) is 185 cm³/mol. The van der Waals surface area contributed by atoms with Crippen LogP contribution in [0.1, 0.15) is 12.5 Å². The Bertz CT molecular complexity index is 1240. The molecule has 0 saturated carbocycles. The number of nitrogens with zero attached hydrogens (tertiary/aromatic N) is 6. The van der Waals surface area contributed by atoms with Crippen LogP contribution in [0.25, 0.3) is 9.69 Å². The van der Waals surface area contributed by atoms with E-state index < -0.39 is 29.3 Å². The first-order valence-corrected chi connectivity index (χ1v) is 17.2. The van der Waals surface area contributed by atoms with E-state index in [1.54, 1.807) is 11.8 Å². The largest absolute Gasteiger partial charge is 0.450 e. The molecule has 2 fully saturated rings. The highest BCUT2D eigenvalue weighted by atomic mass is 35.6. The summed E-state index contributed by atoms with van der Waals surface area (Å²) in [5.41, 5.74) is 0.778. The molecule has 11 nitrogen and oxygen atoms in total. The number of aliphatic imine (C=N–C) groups is 2. The van der Waals surface area contributed by atoms with Crippen molar-refractivity contribution < 1.29 is 24.4 Å². The molecule has 5 rings (SSSR count). The van der Waals surface area contributed by atoms with E-state index in [0.29, 0.717) is 13.2 Å². The first-order chi connectivity index (χ1) is 21.4. The first kappa shape index (κ1) is 38.0. The fraction of sp³-hybridized carbons (Fsp3) is 0.643. The lowest BCUT2D eigenvalue weighted by Gasteiger charge is -2.39. The third-order valence-corrected chi connectivity index (χ3v) is 9.86. The number of fused-ring (bicyclic) bond motifs is 2. The van der Waals surface area contributed by atoms with E-state index in [1.165, 1.54) is 11.8 Å². The molecular formula is C28H38BCl3N6O5S2. The molecular weight excluding hydrogens is 682 g/mol.